The van der Waals surface area contributed by atoms with E-state index in [4.69, 9.17) is 4.74 Å². The van der Waals surface area contributed by atoms with Crippen molar-refractivity contribution in [3.63, 3.8) is 0 Å². The first kappa shape index (κ1) is 24.1. The standard InChI is InChI=1S/C37H43NO/c1-37(27-14-6-3-7-15-27)23-26(25-12-4-2-5-13-25)22-28(24-37)38-32-18-10-8-17-31(32)35-33(38)21-20-30-29-16-9-11-19-34(29)39-36(30)35/h2,4-6,8-9,11-12,14-17,19,25-26,28,30-32,36H,3,7,10,13,18,20-24H2,1H3/t25?,26?,28-,30?,31?,32?,36?,37?/m0/s1. The number of ether oxygens (including phenoxy) is 1. The van der Waals surface area contributed by atoms with E-state index < -0.39 is 0 Å². The fourth-order valence-electron chi connectivity index (χ4n) is 9.74. The lowest BCUT2D eigenvalue weighted by molar-refractivity contribution is 0.0510. The zero-order valence-electron chi connectivity index (χ0n) is 23.5. The summed E-state index contributed by atoms with van der Waals surface area (Å²) < 4.78 is 6.81. The molecule has 0 N–H and O–H groups in total. The van der Waals surface area contributed by atoms with Crippen molar-refractivity contribution in [3.05, 3.63) is 101 Å². The Bertz CT molecular complexity index is 1320. The van der Waals surface area contributed by atoms with Gasteiger partial charge in [0.2, 0.25) is 0 Å². The molecule has 1 aromatic rings. The average molecular weight is 518 g/mol. The average Bonchev–Trinajstić information content (AvgIpc) is 3.53. The van der Waals surface area contributed by atoms with Crippen molar-refractivity contribution in [1.29, 1.82) is 0 Å². The Labute approximate surface area is 234 Å². The van der Waals surface area contributed by atoms with E-state index in [1.165, 1.54) is 69.8 Å². The second-order valence-electron chi connectivity index (χ2n) is 13.6. The Kier molecular flexibility index (Phi) is 5.82. The first-order chi connectivity index (χ1) is 19.2. The summed E-state index contributed by atoms with van der Waals surface area (Å²) in [6.45, 7) is 2.60. The third-order valence-corrected chi connectivity index (χ3v) is 11.4. The van der Waals surface area contributed by atoms with Gasteiger partial charge in [-0.1, -0.05) is 79.8 Å². The van der Waals surface area contributed by atoms with Crippen LogP contribution in [0.3, 0.4) is 0 Å². The van der Waals surface area contributed by atoms with E-state index in [0.717, 1.165) is 11.7 Å². The van der Waals surface area contributed by atoms with Gasteiger partial charge in [-0.05, 0) is 98.7 Å². The number of nitrogens with zero attached hydrogens (tertiary/aromatic N) is 1. The molecule has 8 rings (SSSR count). The minimum absolute atomic E-state index is 0.229. The van der Waals surface area contributed by atoms with E-state index in [1.807, 2.05) is 0 Å². The first-order valence-corrected chi connectivity index (χ1v) is 15.8. The second kappa shape index (κ2) is 9.43. The lowest BCUT2D eigenvalue weighted by atomic mass is 9.60. The third-order valence-electron chi connectivity index (χ3n) is 11.4. The molecule has 0 bridgehead atoms. The third kappa shape index (κ3) is 3.88. The Balaban J connectivity index is 1.18. The van der Waals surface area contributed by atoms with E-state index in [2.05, 4.69) is 90.8 Å². The quantitative estimate of drug-likeness (QED) is 0.371. The second-order valence-corrected chi connectivity index (χ2v) is 13.6. The van der Waals surface area contributed by atoms with Gasteiger partial charge in [0.05, 0.1) is 0 Å². The number of allylic oxidation sites excluding steroid dienone is 10. The molecule has 0 radical (unpaired) electrons. The van der Waals surface area contributed by atoms with Crippen LogP contribution in [0.25, 0.3) is 0 Å². The number of hydrogen-bond acceptors (Lipinski definition) is 2. The van der Waals surface area contributed by atoms with Crippen LogP contribution in [-0.4, -0.2) is 23.1 Å². The van der Waals surface area contributed by atoms with Gasteiger partial charge < -0.3 is 9.64 Å². The molecule has 2 heterocycles. The molecule has 7 aliphatic rings. The van der Waals surface area contributed by atoms with Gasteiger partial charge in [-0.3, -0.25) is 0 Å². The van der Waals surface area contributed by atoms with Crippen molar-refractivity contribution in [2.45, 2.75) is 95.2 Å². The summed E-state index contributed by atoms with van der Waals surface area (Å²) in [4.78, 5) is 3.02. The molecular weight excluding hydrogens is 474 g/mol. The Morgan fingerprint density at radius 3 is 2.77 bits per heavy atom. The van der Waals surface area contributed by atoms with Gasteiger partial charge in [-0.25, -0.2) is 0 Å². The maximum atomic E-state index is 6.81. The lowest BCUT2D eigenvalue weighted by Crippen LogP contribution is -2.49. The number of fused-ring (bicyclic) bond motifs is 6. The van der Waals surface area contributed by atoms with Crippen molar-refractivity contribution in [3.8, 4) is 5.75 Å². The molecule has 1 aromatic carbocycles. The molecule has 0 amide bonds. The van der Waals surface area contributed by atoms with Crippen molar-refractivity contribution in [1.82, 2.24) is 4.90 Å². The highest BCUT2D eigenvalue weighted by atomic mass is 16.5. The number of hydrogen-bond donors (Lipinski definition) is 0. The molecule has 7 unspecified atom stereocenters. The Hall–Kier alpha value is -2.74. The summed E-state index contributed by atoms with van der Waals surface area (Å²) in [5.74, 6) is 3.59. The fraction of sp³-hybridized carbons (Fsp3) is 0.514. The van der Waals surface area contributed by atoms with Gasteiger partial charge in [0, 0.05) is 35.2 Å². The van der Waals surface area contributed by atoms with Crippen molar-refractivity contribution < 1.29 is 4.74 Å². The highest BCUT2D eigenvalue weighted by Gasteiger charge is 2.54. The van der Waals surface area contributed by atoms with E-state index in [0.29, 0.717) is 29.8 Å². The van der Waals surface area contributed by atoms with E-state index in [9.17, 15) is 0 Å². The normalized spacial score (nSPS) is 40.1. The van der Waals surface area contributed by atoms with Crippen molar-refractivity contribution >= 4 is 0 Å². The van der Waals surface area contributed by atoms with Crippen molar-refractivity contribution in [2.24, 2.45) is 23.2 Å². The number of benzene rings is 1. The van der Waals surface area contributed by atoms with Gasteiger partial charge in [-0.2, -0.15) is 0 Å². The predicted molar refractivity (Wildman–Crippen MR) is 159 cm³/mol. The molecule has 1 saturated carbocycles. The molecule has 0 spiro atoms. The van der Waals surface area contributed by atoms with Crippen LogP contribution >= 0.6 is 0 Å². The van der Waals surface area contributed by atoms with Crippen LogP contribution in [0.5, 0.6) is 5.75 Å². The smallest absolute Gasteiger partial charge is 0.129 e. The highest BCUT2D eigenvalue weighted by molar-refractivity contribution is 5.49. The SMILES string of the molecule is CC1(C2=CCCC=C2)CC(C2C=CC=CC2)C[C@H](N2C3=C(C4C=CCCC42)C2Oc4ccccc4C2CC3)C1. The molecular formula is C37H43NO. The van der Waals surface area contributed by atoms with E-state index in [1.54, 1.807) is 16.8 Å². The minimum atomic E-state index is 0.229. The molecule has 8 atom stereocenters. The molecule has 1 fully saturated rings. The maximum absolute atomic E-state index is 6.81. The van der Waals surface area contributed by atoms with Gasteiger partial charge in [0.25, 0.3) is 0 Å². The Morgan fingerprint density at radius 2 is 1.90 bits per heavy atom. The van der Waals surface area contributed by atoms with Gasteiger partial charge in [-0.15, -0.1) is 0 Å². The summed E-state index contributed by atoms with van der Waals surface area (Å²) in [5, 5.41) is 0. The summed E-state index contributed by atoms with van der Waals surface area (Å²) >= 11 is 0. The van der Waals surface area contributed by atoms with E-state index >= 15 is 0 Å². The topological polar surface area (TPSA) is 12.5 Å². The molecule has 39 heavy (non-hydrogen) atoms. The molecule has 0 aromatic heterocycles. The molecule has 202 valence electrons. The monoisotopic (exact) mass is 517 g/mol. The van der Waals surface area contributed by atoms with Crippen molar-refractivity contribution in [2.75, 3.05) is 0 Å². The van der Waals surface area contributed by atoms with Gasteiger partial charge >= 0.3 is 0 Å². The number of rotatable bonds is 3. The zero-order valence-corrected chi connectivity index (χ0v) is 23.5. The number of para-hydroxylation sites is 1. The molecule has 2 heteroatoms. The molecule has 0 saturated heterocycles. The molecule has 2 nitrogen and oxygen atoms in total. The van der Waals surface area contributed by atoms with Crippen LogP contribution < -0.4 is 4.74 Å². The zero-order chi connectivity index (χ0) is 26.0. The van der Waals surface area contributed by atoms with Gasteiger partial charge in [0.15, 0.2) is 0 Å². The van der Waals surface area contributed by atoms with Crippen LogP contribution in [-0.2, 0) is 0 Å². The minimum Gasteiger partial charge on any atom is -0.485 e. The van der Waals surface area contributed by atoms with E-state index in [-0.39, 0.29) is 11.5 Å². The van der Waals surface area contributed by atoms with Gasteiger partial charge in [0.1, 0.15) is 11.9 Å². The summed E-state index contributed by atoms with van der Waals surface area (Å²) in [5.41, 5.74) is 6.63. The lowest BCUT2D eigenvalue weighted by Gasteiger charge is -2.51. The van der Waals surface area contributed by atoms with Crippen LogP contribution in [0, 0.1) is 23.2 Å². The highest BCUT2D eigenvalue weighted by Crippen LogP contribution is 2.58. The largest absolute Gasteiger partial charge is 0.485 e. The summed E-state index contributed by atoms with van der Waals surface area (Å²) in [6.07, 6.45) is 34.7. The van der Waals surface area contributed by atoms with Crippen LogP contribution in [0.1, 0.15) is 82.6 Å². The fourth-order valence-corrected chi connectivity index (χ4v) is 9.74. The van der Waals surface area contributed by atoms with Crippen LogP contribution in [0.2, 0.25) is 0 Å². The van der Waals surface area contributed by atoms with Crippen LogP contribution in [0.4, 0.5) is 0 Å². The molecule has 5 aliphatic carbocycles. The predicted octanol–water partition coefficient (Wildman–Crippen LogP) is 8.81. The summed E-state index contributed by atoms with van der Waals surface area (Å²) in [7, 11) is 0. The summed E-state index contributed by atoms with van der Waals surface area (Å²) in [6, 6.07) is 10.1. The maximum Gasteiger partial charge on any atom is 0.129 e. The van der Waals surface area contributed by atoms with Crippen LogP contribution in [0.15, 0.2) is 95.8 Å². The Morgan fingerprint density at radius 1 is 0.949 bits per heavy atom. The molecule has 2 aliphatic heterocycles. The first-order valence-electron chi connectivity index (χ1n) is 15.8.